The Bertz CT molecular complexity index is 592. The SMILES string of the molecule is COCCNCc1cccc(F)c1Oc1ccccc1Br. The minimum atomic E-state index is -0.378. The number of hydrogen-bond donors (Lipinski definition) is 1. The average Bonchev–Trinajstić information content (AvgIpc) is 2.49. The van der Waals surface area contributed by atoms with Gasteiger partial charge in [0.1, 0.15) is 5.75 Å². The molecule has 0 atom stereocenters. The fourth-order valence-electron chi connectivity index (χ4n) is 1.84. The Morgan fingerprint density at radius 2 is 1.95 bits per heavy atom. The van der Waals surface area contributed by atoms with Gasteiger partial charge in [-0.05, 0) is 34.1 Å². The van der Waals surface area contributed by atoms with E-state index in [9.17, 15) is 4.39 Å². The van der Waals surface area contributed by atoms with Crippen molar-refractivity contribution in [1.29, 1.82) is 0 Å². The fraction of sp³-hybridized carbons (Fsp3) is 0.250. The number of rotatable bonds is 7. The van der Waals surface area contributed by atoms with Gasteiger partial charge in [-0.25, -0.2) is 4.39 Å². The van der Waals surface area contributed by atoms with E-state index in [2.05, 4.69) is 21.2 Å². The molecule has 5 heteroatoms. The Morgan fingerprint density at radius 3 is 2.71 bits per heavy atom. The molecule has 0 amide bonds. The molecular formula is C16H17BrFNO2. The fourth-order valence-corrected chi connectivity index (χ4v) is 2.21. The van der Waals surface area contributed by atoms with E-state index in [-0.39, 0.29) is 11.6 Å². The van der Waals surface area contributed by atoms with Crippen LogP contribution in [-0.2, 0) is 11.3 Å². The quantitative estimate of drug-likeness (QED) is 0.759. The highest BCUT2D eigenvalue weighted by Gasteiger charge is 2.12. The first-order valence-electron chi connectivity index (χ1n) is 6.62. The van der Waals surface area contributed by atoms with Crippen molar-refractivity contribution in [2.45, 2.75) is 6.54 Å². The zero-order valence-corrected chi connectivity index (χ0v) is 13.3. The number of benzene rings is 2. The summed E-state index contributed by atoms with van der Waals surface area (Å²) in [6.45, 7) is 1.82. The standard InChI is InChI=1S/C16H17BrFNO2/c1-20-10-9-19-11-12-5-4-7-14(18)16(12)21-15-8-3-2-6-13(15)17/h2-8,19H,9-11H2,1H3. The van der Waals surface area contributed by atoms with Gasteiger partial charge in [-0.1, -0.05) is 24.3 Å². The summed E-state index contributed by atoms with van der Waals surface area (Å²) in [6, 6.07) is 12.3. The normalized spacial score (nSPS) is 10.6. The van der Waals surface area contributed by atoms with Gasteiger partial charge < -0.3 is 14.8 Å². The predicted molar refractivity (Wildman–Crippen MR) is 84.2 cm³/mol. The van der Waals surface area contributed by atoms with Crippen LogP contribution in [0.25, 0.3) is 0 Å². The van der Waals surface area contributed by atoms with Crippen molar-refractivity contribution in [3.05, 3.63) is 58.3 Å². The maximum absolute atomic E-state index is 14.1. The molecule has 21 heavy (non-hydrogen) atoms. The third kappa shape index (κ3) is 4.52. The summed E-state index contributed by atoms with van der Waals surface area (Å²) < 4.78 is 25.5. The van der Waals surface area contributed by atoms with Crippen molar-refractivity contribution in [2.75, 3.05) is 20.3 Å². The van der Waals surface area contributed by atoms with Crippen molar-refractivity contribution < 1.29 is 13.9 Å². The molecule has 0 bridgehead atoms. The van der Waals surface area contributed by atoms with Gasteiger partial charge >= 0.3 is 0 Å². The van der Waals surface area contributed by atoms with Crippen molar-refractivity contribution in [2.24, 2.45) is 0 Å². The summed E-state index contributed by atoms with van der Waals surface area (Å²) in [6.07, 6.45) is 0. The molecule has 2 aromatic carbocycles. The van der Waals surface area contributed by atoms with Gasteiger partial charge in [0.15, 0.2) is 11.6 Å². The third-order valence-corrected chi connectivity index (χ3v) is 3.55. The Kier molecular flexibility index (Phi) is 6.17. The lowest BCUT2D eigenvalue weighted by Crippen LogP contribution is -2.19. The zero-order valence-electron chi connectivity index (χ0n) is 11.7. The molecule has 1 N–H and O–H groups in total. The van der Waals surface area contributed by atoms with Gasteiger partial charge in [-0.3, -0.25) is 0 Å². The molecule has 0 radical (unpaired) electrons. The highest BCUT2D eigenvalue weighted by molar-refractivity contribution is 9.10. The monoisotopic (exact) mass is 353 g/mol. The van der Waals surface area contributed by atoms with Crippen LogP contribution in [-0.4, -0.2) is 20.3 Å². The first-order chi connectivity index (χ1) is 10.2. The molecule has 2 rings (SSSR count). The number of methoxy groups -OCH3 is 1. The van der Waals surface area contributed by atoms with E-state index < -0.39 is 0 Å². The summed E-state index contributed by atoms with van der Waals surface area (Å²) >= 11 is 3.40. The van der Waals surface area contributed by atoms with E-state index in [1.807, 2.05) is 24.3 Å². The Labute approximate surface area is 132 Å². The first-order valence-corrected chi connectivity index (χ1v) is 7.41. The van der Waals surface area contributed by atoms with Crippen LogP contribution in [0.4, 0.5) is 4.39 Å². The molecule has 0 heterocycles. The van der Waals surface area contributed by atoms with E-state index in [4.69, 9.17) is 9.47 Å². The summed E-state index contributed by atoms with van der Waals surface area (Å²) in [7, 11) is 1.64. The topological polar surface area (TPSA) is 30.5 Å². The molecule has 0 aliphatic carbocycles. The predicted octanol–water partition coefficient (Wildman–Crippen LogP) is 4.12. The Morgan fingerprint density at radius 1 is 1.14 bits per heavy atom. The maximum atomic E-state index is 14.1. The minimum Gasteiger partial charge on any atom is -0.453 e. The molecule has 112 valence electrons. The number of nitrogens with one attached hydrogen (secondary N) is 1. The molecule has 3 nitrogen and oxygen atoms in total. The van der Waals surface area contributed by atoms with Crippen LogP contribution < -0.4 is 10.1 Å². The van der Waals surface area contributed by atoms with E-state index in [0.29, 0.717) is 25.4 Å². The largest absolute Gasteiger partial charge is 0.453 e. The van der Waals surface area contributed by atoms with Crippen LogP contribution in [0.15, 0.2) is 46.9 Å². The molecule has 0 fully saturated rings. The molecule has 0 spiro atoms. The number of hydrogen-bond acceptors (Lipinski definition) is 3. The molecule has 0 aliphatic rings. The van der Waals surface area contributed by atoms with E-state index in [1.54, 1.807) is 19.2 Å². The molecule has 0 aromatic heterocycles. The van der Waals surface area contributed by atoms with Gasteiger partial charge in [-0.2, -0.15) is 0 Å². The first kappa shape index (κ1) is 15.9. The van der Waals surface area contributed by atoms with E-state index >= 15 is 0 Å². The van der Waals surface area contributed by atoms with Crippen molar-refractivity contribution in [1.82, 2.24) is 5.32 Å². The molecule has 0 saturated carbocycles. The van der Waals surface area contributed by atoms with Crippen molar-refractivity contribution in [3.63, 3.8) is 0 Å². The second-order valence-electron chi connectivity index (χ2n) is 4.43. The van der Waals surface area contributed by atoms with Gasteiger partial charge in [0.05, 0.1) is 11.1 Å². The van der Waals surface area contributed by atoms with Gasteiger partial charge in [0, 0.05) is 25.8 Å². The number of ether oxygens (including phenoxy) is 2. The van der Waals surface area contributed by atoms with Crippen molar-refractivity contribution >= 4 is 15.9 Å². The summed E-state index contributed by atoms with van der Waals surface area (Å²) in [5.41, 5.74) is 0.766. The molecule has 0 saturated heterocycles. The highest BCUT2D eigenvalue weighted by atomic mass is 79.9. The smallest absolute Gasteiger partial charge is 0.167 e. The van der Waals surface area contributed by atoms with Crippen molar-refractivity contribution in [3.8, 4) is 11.5 Å². The van der Waals surface area contributed by atoms with E-state index in [0.717, 1.165) is 10.0 Å². The number of halogens is 2. The van der Waals surface area contributed by atoms with Crippen LogP contribution in [0, 0.1) is 5.82 Å². The Balaban J connectivity index is 2.16. The van der Waals surface area contributed by atoms with Crippen LogP contribution >= 0.6 is 15.9 Å². The second-order valence-corrected chi connectivity index (χ2v) is 5.28. The van der Waals surface area contributed by atoms with Gasteiger partial charge in [0.25, 0.3) is 0 Å². The molecular weight excluding hydrogens is 337 g/mol. The summed E-state index contributed by atoms with van der Waals surface area (Å²) in [5, 5.41) is 3.19. The van der Waals surface area contributed by atoms with Crippen LogP contribution in [0.1, 0.15) is 5.56 Å². The minimum absolute atomic E-state index is 0.245. The lowest BCUT2D eigenvalue weighted by Gasteiger charge is -2.13. The van der Waals surface area contributed by atoms with Crippen LogP contribution in [0.5, 0.6) is 11.5 Å². The van der Waals surface area contributed by atoms with Crippen LogP contribution in [0.3, 0.4) is 0 Å². The van der Waals surface area contributed by atoms with E-state index in [1.165, 1.54) is 6.07 Å². The average molecular weight is 354 g/mol. The molecule has 0 unspecified atom stereocenters. The third-order valence-electron chi connectivity index (χ3n) is 2.90. The van der Waals surface area contributed by atoms with Gasteiger partial charge in [0.2, 0.25) is 0 Å². The van der Waals surface area contributed by atoms with Crippen LogP contribution in [0.2, 0.25) is 0 Å². The lowest BCUT2D eigenvalue weighted by atomic mass is 10.2. The second kappa shape index (κ2) is 8.12. The highest BCUT2D eigenvalue weighted by Crippen LogP contribution is 2.32. The maximum Gasteiger partial charge on any atom is 0.167 e. The summed E-state index contributed by atoms with van der Waals surface area (Å²) in [4.78, 5) is 0. The van der Waals surface area contributed by atoms with Gasteiger partial charge in [-0.15, -0.1) is 0 Å². The lowest BCUT2D eigenvalue weighted by molar-refractivity contribution is 0.199. The number of para-hydroxylation sites is 2. The Hall–Kier alpha value is -1.43. The molecule has 2 aromatic rings. The zero-order chi connectivity index (χ0) is 15.1. The molecule has 0 aliphatic heterocycles. The summed E-state index contributed by atoms with van der Waals surface area (Å²) in [5.74, 6) is 0.451.